The summed E-state index contributed by atoms with van der Waals surface area (Å²) in [5.41, 5.74) is 14.1. The molecule has 3 aromatic rings. The number of pyridine rings is 2. The lowest BCUT2D eigenvalue weighted by atomic mass is 10.1. The summed E-state index contributed by atoms with van der Waals surface area (Å²) >= 11 is 0. The van der Waals surface area contributed by atoms with Gasteiger partial charge in [0.1, 0.15) is 11.4 Å². The first-order chi connectivity index (χ1) is 8.27. The zero-order chi connectivity index (χ0) is 11.8. The van der Waals surface area contributed by atoms with Gasteiger partial charge in [-0.1, -0.05) is 0 Å². The van der Waals surface area contributed by atoms with E-state index in [2.05, 4.69) is 9.97 Å². The van der Waals surface area contributed by atoms with Crippen LogP contribution in [0.25, 0.3) is 22.2 Å². The van der Waals surface area contributed by atoms with E-state index in [-0.39, 0.29) is 5.88 Å². The molecule has 0 bridgehead atoms. The van der Waals surface area contributed by atoms with E-state index in [4.69, 9.17) is 15.9 Å². The van der Waals surface area contributed by atoms with Crippen molar-refractivity contribution in [2.24, 2.45) is 0 Å². The number of anilines is 2. The Morgan fingerprint density at radius 2 is 2.00 bits per heavy atom. The summed E-state index contributed by atoms with van der Waals surface area (Å²) in [7, 11) is 0. The Labute approximate surface area is 97.1 Å². The highest BCUT2D eigenvalue weighted by Crippen LogP contribution is 2.35. The number of hydrogen-bond donors (Lipinski definition) is 2. The van der Waals surface area contributed by atoms with Gasteiger partial charge in [-0.15, -0.1) is 0 Å². The van der Waals surface area contributed by atoms with Crippen molar-refractivity contribution in [3.8, 4) is 11.3 Å². The Kier molecular flexibility index (Phi) is 1.98. The maximum Gasteiger partial charge on any atom is 0.214 e. The highest BCUT2D eigenvalue weighted by molar-refractivity contribution is 6.01. The Balaban J connectivity index is 2.35. The van der Waals surface area contributed by atoms with Crippen LogP contribution in [0, 0.1) is 0 Å². The van der Waals surface area contributed by atoms with Crippen LogP contribution in [0.15, 0.2) is 41.2 Å². The van der Waals surface area contributed by atoms with Gasteiger partial charge in [-0.25, -0.2) is 0 Å². The predicted octanol–water partition coefficient (Wildman–Crippen LogP) is 2.05. The Morgan fingerprint density at radius 3 is 2.76 bits per heavy atom. The molecule has 0 atom stereocenters. The average Bonchev–Trinajstić information content (AvgIpc) is 2.67. The predicted molar refractivity (Wildman–Crippen MR) is 66.1 cm³/mol. The highest BCUT2D eigenvalue weighted by atomic mass is 16.3. The number of nitrogens with two attached hydrogens (primary N) is 2. The molecule has 3 heterocycles. The molecule has 0 aliphatic heterocycles. The monoisotopic (exact) mass is 226 g/mol. The van der Waals surface area contributed by atoms with Crippen molar-refractivity contribution in [1.29, 1.82) is 0 Å². The van der Waals surface area contributed by atoms with E-state index < -0.39 is 0 Å². The molecule has 0 aromatic carbocycles. The van der Waals surface area contributed by atoms with E-state index in [1.165, 1.54) is 0 Å². The zero-order valence-corrected chi connectivity index (χ0v) is 8.92. The van der Waals surface area contributed by atoms with Crippen LogP contribution in [0.2, 0.25) is 0 Å². The molecular weight excluding hydrogens is 216 g/mol. The molecule has 0 amide bonds. The van der Waals surface area contributed by atoms with Crippen molar-refractivity contribution in [1.82, 2.24) is 9.97 Å². The van der Waals surface area contributed by atoms with Crippen LogP contribution in [0.4, 0.5) is 11.6 Å². The minimum absolute atomic E-state index is 0.221. The van der Waals surface area contributed by atoms with E-state index in [0.717, 1.165) is 10.9 Å². The molecule has 17 heavy (non-hydrogen) atoms. The molecule has 5 nitrogen and oxygen atoms in total. The molecule has 3 rings (SSSR count). The van der Waals surface area contributed by atoms with Crippen molar-refractivity contribution in [3.05, 3.63) is 36.8 Å². The number of rotatable bonds is 1. The Hall–Kier alpha value is -2.56. The van der Waals surface area contributed by atoms with Crippen LogP contribution in [0.5, 0.6) is 0 Å². The second kappa shape index (κ2) is 3.48. The van der Waals surface area contributed by atoms with E-state index >= 15 is 0 Å². The molecule has 5 heteroatoms. The van der Waals surface area contributed by atoms with Crippen LogP contribution >= 0.6 is 0 Å². The number of nitrogens with zero attached hydrogens (tertiary/aromatic N) is 2. The third-order valence-corrected chi connectivity index (χ3v) is 2.61. The third kappa shape index (κ3) is 1.40. The summed E-state index contributed by atoms with van der Waals surface area (Å²) in [6.07, 6.45) is 5.10. The molecule has 0 spiro atoms. The summed E-state index contributed by atoms with van der Waals surface area (Å²) in [6.45, 7) is 0. The van der Waals surface area contributed by atoms with Crippen LogP contribution in [0.1, 0.15) is 0 Å². The summed E-state index contributed by atoms with van der Waals surface area (Å²) in [4.78, 5) is 8.34. The van der Waals surface area contributed by atoms with Crippen molar-refractivity contribution in [3.63, 3.8) is 0 Å². The molecule has 0 saturated carbocycles. The van der Waals surface area contributed by atoms with Gasteiger partial charge in [0, 0.05) is 29.5 Å². The average molecular weight is 226 g/mol. The Bertz CT molecular complexity index is 676. The fraction of sp³-hybridized carbons (Fsp3) is 0. The fourth-order valence-electron chi connectivity index (χ4n) is 1.77. The lowest BCUT2D eigenvalue weighted by molar-refractivity contribution is 0.638. The van der Waals surface area contributed by atoms with Gasteiger partial charge >= 0.3 is 0 Å². The number of furan rings is 1. The van der Waals surface area contributed by atoms with Crippen LogP contribution in [-0.2, 0) is 0 Å². The van der Waals surface area contributed by atoms with Crippen molar-refractivity contribution in [2.45, 2.75) is 0 Å². The molecule has 0 fully saturated rings. The fourth-order valence-corrected chi connectivity index (χ4v) is 1.77. The van der Waals surface area contributed by atoms with Gasteiger partial charge in [0.2, 0.25) is 5.88 Å². The summed E-state index contributed by atoms with van der Waals surface area (Å²) in [5.74, 6) is 0.221. The first kappa shape index (κ1) is 9.65. The summed E-state index contributed by atoms with van der Waals surface area (Å²) < 4.78 is 5.45. The summed E-state index contributed by atoms with van der Waals surface area (Å²) in [5, 5.41) is 0.774. The summed E-state index contributed by atoms with van der Waals surface area (Å²) in [6, 6.07) is 5.53. The quantitative estimate of drug-likeness (QED) is 0.662. The molecule has 0 radical (unpaired) electrons. The van der Waals surface area contributed by atoms with E-state index in [0.29, 0.717) is 17.0 Å². The lowest BCUT2D eigenvalue weighted by Gasteiger charge is -1.99. The van der Waals surface area contributed by atoms with Gasteiger partial charge in [-0.2, -0.15) is 0 Å². The van der Waals surface area contributed by atoms with Gasteiger partial charge in [0.15, 0.2) is 5.58 Å². The molecule has 0 unspecified atom stereocenters. The van der Waals surface area contributed by atoms with Crippen molar-refractivity contribution in [2.75, 3.05) is 11.5 Å². The van der Waals surface area contributed by atoms with E-state index in [1.807, 2.05) is 12.1 Å². The van der Waals surface area contributed by atoms with Gasteiger partial charge in [0.25, 0.3) is 0 Å². The first-order valence-corrected chi connectivity index (χ1v) is 5.10. The second-order valence-corrected chi connectivity index (χ2v) is 3.66. The van der Waals surface area contributed by atoms with Crippen molar-refractivity contribution < 1.29 is 4.42 Å². The largest absolute Gasteiger partial charge is 0.436 e. The SMILES string of the molecule is Nc1oc2c(-c3cccnc3)nccc2c1N. The maximum atomic E-state index is 5.82. The molecule has 3 aromatic heterocycles. The third-order valence-electron chi connectivity index (χ3n) is 2.61. The highest BCUT2D eigenvalue weighted by Gasteiger charge is 2.14. The minimum Gasteiger partial charge on any atom is -0.436 e. The topological polar surface area (TPSA) is 91.0 Å². The lowest BCUT2D eigenvalue weighted by Crippen LogP contribution is -1.89. The molecule has 4 N–H and O–H groups in total. The van der Waals surface area contributed by atoms with Gasteiger partial charge in [-0.3, -0.25) is 9.97 Å². The normalized spacial score (nSPS) is 10.8. The molecule has 0 aliphatic rings. The van der Waals surface area contributed by atoms with Gasteiger partial charge in [0.05, 0.1) is 0 Å². The zero-order valence-electron chi connectivity index (χ0n) is 8.92. The van der Waals surface area contributed by atoms with E-state index in [9.17, 15) is 0 Å². The van der Waals surface area contributed by atoms with Gasteiger partial charge in [-0.05, 0) is 18.2 Å². The molecule has 0 saturated heterocycles. The van der Waals surface area contributed by atoms with Crippen LogP contribution in [0.3, 0.4) is 0 Å². The van der Waals surface area contributed by atoms with E-state index in [1.54, 1.807) is 24.7 Å². The minimum atomic E-state index is 0.221. The second-order valence-electron chi connectivity index (χ2n) is 3.66. The van der Waals surface area contributed by atoms with Crippen LogP contribution < -0.4 is 11.5 Å². The molecule has 84 valence electrons. The van der Waals surface area contributed by atoms with Crippen molar-refractivity contribution >= 4 is 22.5 Å². The smallest absolute Gasteiger partial charge is 0.214 e. The molecule has 0 aliphatic carbocycles. The first-order valence-electron chi connectivity index (χ1n) is 5.10. The maximum absolute atomic E-state index is 5.82. The standard InChI is InChI=1S/C12H10N4O/c13-9-8-3-5-16-10(11(8)17-12(9)14)7-2-1-4-15-6-7/h1-6H,13-14H2. The number of hydrogen-bond acceptors (Lipinski definition) is 5. The number of fused-ring (bicyclic) bond motifs is 1. The Morgan fingerprint density at radius 1 is 1.12 bits per heavy atom. The van der Waals surface area contributed by atoms with Crippen LogP contribution in [-0.4, -0.2) is 9.97 Å². The number of aromatic nitrogens is 2. The number of nitrogen functional groups attached to an aromatic ring is 2. The van der Waals surface area contributed by atoms with Gasteiger partial charge < -0.3 is 15.9 Å². The molecular formula is C12H10N4O.